The van der Waals surface area contributed by atoms with Crippen LogP contribution in [-0.4, -0.2) is 5.78 Å². The molecule has 0 saturated carbocycles. The van der Waals surface area contributed by atoms with Gasteiger partial charge in [-0.1, -0.05) is 29.8 Å². The van der Waals surface area contributed by atoms with Gasteiger partial charge in [0.15, 0.2) is 5.78 Å². The Labute approximate surface area is 119 Å². The quantitative estimate of drug-likeness (QED) is 0.745. The van der Waals surface area contributed by atoms with Gasteiger partial charge < -0.3 is 0 Å². The number of hydrogen-bond acceptors (Lipinski definition) is 1. The predicted molar refractivity (Wildman–Crippen MR) is 70.9 cm³/mol. The molecule has 0 heterocycles. The molecule has 0 amide bonds. The first-order chi connectivity index (χ1) is 9.36. The number of Topliss-reactive ketones (excluding diaryl/α,β-unsaturated/α-hetero) is 1. The molecule has 1 nitrogen and oxygen atoms in total. The van der Waals surface area contributed by atoms with Gasteiger partial charge in [-0.2, -0.15) is 13.2 Å². The largest absolute Gasteiger partial charge is 0.416 e. The first kappa shape index (κ1) is 14.6. The van der Waals surface area contributed by atoms with Crippen molar-refractivity contribution < 1.29 is 18.0 Å². The molecule has 0 saturated heterocycles. The molecule has 0 spiro atoms. The second-order valence-electron chi connectivity index (χ2n) is 4.30. The number of rotatable bonds is 3. The smallest absolute Gasteiger partial charge is 0.294 e. The van der Waals surface area contributed by atoms with Crippen molar-refractivity contribution >= 4 is 17.4 Å². The third kappa shape index (κ3) is 3.61. The fourth-order valence-electron chi connectivity index (χ4n) is 1.78. The van der Waals surface area contributed by atoms with Crippen LogP contribution < -0.4 is 0 Å². The minimum Gasteiger partial charge on any atom is -0.294 e. The summed E-state index contributed by atoms with van der Waals surface area (Å²) in [6.45, 7) is 0. The highest BCUT2D eigenvalue weighted by Gasteiger charge is 2.30. The van der Waals surface area contributed by atoms with E-state index < -0.39 is 11.7 Å². The Kier molecular flexibility index (Phi) is 4.14. The van der Waals surface area contributed by atoms with E-state index in [1.807, 2.05) is 0 Å². The van der Waals surface area contributed by atoms with Crippen LogP contribution in [0.4, 0.5) is 13.2 Å². The minimum atomic E-state index is -4.40. The Morgan fingerprint density at radius 3 is 2.30 bits per heavy atom. The highest BCUT2D eigenvalue weighted by molar-refractivity contribution is 6.30. The summed E-state index contributed by atoms with van der Waals surface area (Å²) in [5, 5.41) is 0.501. The maximum atomic E-state index is 12.6. The first-order valence-electron chi connectivity index (χ1n) is 5.81. The SMILES string of the molecule is O=C(Cc1cccc(C(F)(F)F)c1)c1ccc(Cl)cc1. The molecule has 104 valence electrons. The van der Waals surface area contributed by atoms with Gasteiger partial charge in [-0.25, -0.2) is 0 Å². The minimum absolute atomic E-state index is 0.0778. The van der Waals surface area contributed by atoms with E-state index in [9.17, 15) is 18.0 Å². The van der Waals surface area contributed by atoms with Gasteiger partial charge in [0.25, 0.3) is 0 Å². The van der Waals surface area contributed by atoms with E-state index in [2.05, 4.69) is 0 Å². The lowest BCUT2D eigenvalue weighted by atomic mass is 10.0. The maximum absolute atomic E-state index is 12.6. The molecular weight excluding hydrogens is 289 g/mol. The second kappa shape index (κ2) is 5.67. The lowest BCUT2D eigenvalue weighted by molar-refractivity contribution is -0.137. The summed E-state index contributed by atoms with van der Waals surface area (Å²) in [6, 6.07) is 11.0. The summed E-state index contributed by atoms with van der Waals surface area (Å²) in [6.07, 6.45) is -4.48. The van der Waals surface area contributed by atoms with Gasteiger partial charge in [-0.05, 0) is 35.9 Å². The topological polar surface area (TPSA) is 17.1 Å². The summed E-state index contributed by atoms with van der Waals surface area (Å²) < 4.78 is 37.7. The van der Waals surface area contributed by atoms with E-state index in [1.54, 1.807) is 24.3 Å². The van der Waals surface area contributed by atoms with Crippen molar-refractivity contribution in [2.24, 2.45) is 0 Å². The zero-order chi connectivity index (χ0) is 14.8. The molecule has 0 atom stereocenters. The van der Waals surface area contributed by atoms with Crippen molar-refractivity contribution in [1.82, 2.24) is 0 Å². The van der Waals surface area contributed by atoms with E-state index in [4.69, 9.17) is 11.6 Å². The highest BCUT2D eigenvalue weighted by atomic mass is 35.5. The lowest BCUT2D eigenvalue weighted by Crippen LogP contribution is -2.07. The molecule has 0 aliphatic heterocycles. The summed E-state index contributed by atoms with van der Waals surface area (Å²) in [5.41, 5.74) is 0.00509. The zero-order valence-corrected chi connectivity index (χ0v) is 11.0. The van der Waals surface area contributed by atoms with E-state index in [-0.39, 0.29) is 12.2 Å². The molecule has 0 fully saturated rings. The third-order valence-corrected chi connectivity index (χ3v) is 3.04. The van der Waals surface area contributed by atoms with Crippen LogP contribution in [-0.2, 0) is 12.6 Å². The average Bonchev–Trinajstić information content (AvgIpc) is 2.38. The molecule has 0 bridgehead atoms. The van der Waals surface area contributed by atoms with Crippen molar-refractivity contribution in [2.75, 3.05) is 0 Å². The fourth-order valence-corrected chi connectivity index (χ4v) is 1.91. The molecule has 2 aromatic carbocycles. The molecular formula is C15H10ClF3O. The van der Waals surface area contributed by atoms with Crippen molar-refractivity contribution in [1.29, 1.82) is 0 Å². The second-order valence-corrected chi connectivity index (χ2v) is 4.74. The normalized spacial score (nSPS) is 11.4. The average molecular weight is 299 g/mol. The summed E-state index contributed by atoms with van der Waals surface area (Å²) in [5.74, 6) is -0.249. The standard InChI is InChI=1S/C15H10ClF3O/c16-13-6-4-11(5-7-13)14(20)9-10-2-1-3-12(8-10)15(17,18)19/h1-8H,9H2. The number of hydrogen-bond donors (Lipinski definition) is 0. The van der Waals surface area contributed by atoms with E-state index in [0.29, 0.717) is 16.1 Å². The van der Waals surface area contributed by atoms with Crippen LogP contribution in [0, 0.1) is 0 Å². The Balaban J connectivity index is 2.18. The Morgan fingerprint density at radius 2 is 1.70 bits per heavy atom. The van der Waals surface area contributed by atoms with Gasteiger partial charge in [-0.15, -0.1) is 0 Å². The van der Waals surface area contributed by atoms with Crippen LogP contribution in [0.1, 0.15) is 21.5 Å². The zero-order valence-electron chi connectivity index (χ0n) is 10.2. The van der Waals surface area contributed by atoms with Crippen molar-refractivity contribution in [2.45, 2.75) is 12.6 Å². The van der Waals surface area contributed by atoms with Crippen LogP contribution in [0.2, 0.25) is 5.02 Å². The first-order valence-corrected chi connectivity index (χ1v) is 6.19. The number of benzene rings is 2. The number of carbonyl (C=O) groups excluding carboxylic acids is 1. The van der Waals surface area contributed by atoms with Gasteiger partial charge in [0, 0.05) is 17.0 Å². The van der Waals surface area contributed by atoms with Gasteiger partial charge in [0.2, 0.25) is 0 Å². The van der Waals surface area contributed by atoms with Gasteiger partial charge in [-0.3, -0.25) is 4.79 Å². The van der Waals surface area contributed by atoms with Crippen LogP contribution in [0.15, 0.2) is 48.5 Å². The van der Waals surface area contributed by atoms with Crippen molar-refractivity contribution in [3.8, 4) is 0 Å². The van der Waals surface area contributed by atoms with E-state index in [1.165, 1.54) is 12.1 Å². The van der Waals surface area contributed by atoms with Gasteiger partial charge >= 0.3 is 6.18 Å². The molecule has 0 aliphatic carbocycles. The predicted octanol–water partition coefficient (Wildman–Crippen LogP) is 4.78. The Bertz CT molecular complexity index is 618. The molecule has 0 radical (unpaired) electrons. The summed E-state index contributed by atoms with van der Waals surface area (Å²) in [4.78, 5) is 12.0. The summed E-state index contributed by atoms with van der Waals surface area (Å²) >= 11 is 5.71. The Morgan fingerprint density at radius 1 is 1.05 bits per heavy atom. The molecule has 20 heavy (non-hydrogen) atoms. The lowest BCUT2D eigenvalue weighted by Gasteiger charge is -2.08. The summed E-state index contributed by atoms with van der Waals surface area (Å²) in [7, 11) is 0. The molecule has 5 heteroatoms. The van der Waals surface area contributed by atoms with Gasteiger partial charge in [0.1, 0.15) is 0 Å². The molecule has 0 aromatic heterocycles. The van der Waals surface area contributed by atoms with E-state index in [0.717, 1.165) is 12.1 Å². The van der Waals surface area contributed by atoms with E-state index >= 15 is 0 Å². The Hall–Kier alpha value is -1.81. The van der Waals surface area contributed by atoms with Crippen LogP contribution in [0.25, 0.3) is 0 Å². The van der Waals surface area contributed by atoms with Crippen molar-refractivity contribution in [3.05, 3.63) is 70.2 Å². The fraction of sp³-hybridized carbons (Fsp3) is 0.133. The molecule has 2 rings (SSSR count). The van der Waals surface area contributed by atoms with Crippen LogP contribution in [0.5, 0.6) is 0 Å². The number of alkyl halides is 3. The number of carbonyl (C=O) groups is 1. The maximum Gasteiger partial charge on any atom is 0.416 e. The molecule has 0 aliphatic rings. The third-order valence-electron chi connectivity index (χ3n) is 2.79. The molecule has 0 N–H and O–H groups in total. The van der Waals surface area contributed by atoms with Crippen molar-refractivity contribution in [3.63, 3.8) is 0 Å². The van der Waals surface area contributed by atoms with Gasteiger partial charge in [0.05, 0.1) is 5.56 Å². The van der Waals surface area contributed by atoms with Crippen LogP contribution >= 0.6 is 11.6 Å². The van der Waals surface area contributed by atoms with Crippen LogP contribution in [0.3, 0.4) is 0 Å². The monoisotopic (exact) mass is 298 g/mol. The molecule has 2 aromatic rings. The number of halogens is 4. The molecule has 0 unspecified atom stereocenters. The number of ketones is 1. The highest BCUT2D eigenvalue weighted by Crippen LogP contribution is 2.29.